The number of benzene rings is 6. The molecule has 0 aliphatic carbocycles. The van der Waals surface area contributed by atoms with E-state index in [4.69, 9.17) is 15.0 Å². The van der Waals surface area contributed by atoms with Gasteiger partial charge in [0.15, 0.2) is 0 Å². The van der Waals surface area contributed by atoms with Crippen molar-refractivity contribution in [2.45, 2.75) is 18.3 Å². The van der Waals surface area contributed by atoms with Gasteiger partial charge in [0, 0.05) is 6.42 Å². The normalized spacial score (nSPS) is 17.6. The molecule has 3 heterocycles. The summed E-state index contributed by atoms with van der Waals surface area (Å²) in [6.45, 7) is 0. The molecule has 3 aliphatic heterocycles. The zero-order chi connectivity index (χ0) is 29.7. The van der Waals surface area contributed by atoms with Crippen LogP contribution < -0.4 is 0 Å². The Kier molecular flexibility index (Phi) is 6.02. The summed E-state index contributed by atoms with van der Waals surface area (Å²) in [5.74, 6) is 0.0849. The van der Waals surface area contributed by atoms with E-state index < -0.39 is 0 Å². The molecule has 2 unspecified atom stereocenters. The topological polar surface area (TPSA) is 37.1 Å². The van der Waals surface area contributed by atoms with E-state index in [1.165, 1.54) is 27.8 Å². The quantitative estimate of drug-likeness (QED) is 0.196. The van der Waals surface area contributed by atoms with Crippen LogP contribution in [0.5, 0.6) is 0 Å². The molecule has 0 spiro atoms. The van der Waals surface area contributed by atoms with E-state index in [9.17, 15) is 0 Å². The highest BCUT2D eigenvalue weighted by molar-refractivity contribution is 6.18. The lowest BCUT2D eigenvalue weighted by Crippen LogP contribution is -2.17. The third kappa shape index (κ3) is 4.39. The molecule has 0 saturated carbocycles. The lowest BCUT2D eigenvalue weighted by Gasteiger charge is -2.20. The number of rotatable bonds is 5. The van der Waals surface area contributed by atoms with Crippen LogP contribution >= 0.6 is 0 Å². The van der Waals surface area contributed by atoms with Gasteiger partial charge in [-0.05, 0) is 80.9 Å². The number of hydrogen-bond donors (Lipinski definition) is 0. The molecule has 6 aromatic carbocycles. The Labute approximate surface area is 263 Å². The van der Waals surface area contributed by atoms with Gasteiger partial charge >= 0.3 is 0 Å². The summed E-state index contributed by atoms with van der Waals surface area (Å²) in [4.78, 5) is 15.7. The van der Waals surface area contributed by atoms with E-state index in [1.807, 2.05) is 0 Å². The smallest absolute Gasteiger partial charge is 0.0675 e. The first-order chi connectivity index (χ1) is 22.3. The summed E-state index contributed by atoms with van der Waals surface area (Å²) in [6.07, 6.45) is 0.808. The predicted molar refractivity (Wildman–Crippen MR) is 185 cm³/mol. The highest BCUT2D eigenvalue weighted by atomic mass is 14.8. The van der Waals surface area contributed by atoms with E-state index in [1.54, 1.807) is 0 Å². The maximum Gasteiger partial charge on any atom is 0.0675 e. The van der Waals surface area contributed by atoms with E-state index in [2.05, 4.69) is 152 Å². The fourth-order valence-electron chi connectivity index (χ4n) is 7.17. The van der Waals surface area contributed by atoms with Crippen molar-refractivity contribution in [2.24, 2.45) is 15.0 Å². The molecule has 3 heteroatoms. The average molecular weight is 576 g/mol. The zero-order valence-electron chi connectivity index (χ0n) is 24.6. The Morgan fingerprint density at radius 2 is 0.844 bits per heavy atom. The van der Waals surface area contributed by atoms with Crippen molar-refractivity contribution in [2.75, 3.05) is 0 Å². The average Bonchev–Trinajstić information content (AvgIpc) is 3.82. The Morgan fingerprint density at radius 1 is 0.400 bits per heavy atom. The van der Waals surface area contributed by atoms with Crippen LogP contribution in [0.4, 0.5) is 17.1 Å². The van der Waals surface area contributed by atoms with Crippen LogP contribution in [0.3, 0.4) is 0 Å². The SMILES string of the molecule is c1ccc(C2C(c3cc(C4=Nc5ccccc5C4)cc(C4=Nc5ccccc5C4c4ccccc4)c3)=Nc3ccccc32)cc1. The molecule has 0 N–H and O–H groups in total. The first-order valence-corrected chi connectivity index (χ1v) is 15.6. The molecule has 3 nitrogen and oxygen atoms in total. The van der Waals surface area contributed by atoms with Crippen molar-refractivity contribution in [3.63, 3.8) is 0 Å². The molecule has 9 rings (SSSR count). The highest BCUT2D eigenvalue weighted by Gasteiger charge is 2.33. The summed E-state index contributed by atoms with van der Waals surface area (Å²) in [7, 11) is 0. The van der Waals surface area contributed by atoms with Gasteiger partial charge < -0.3 is 0 Å². The van der Waals surface area contributed by atoms with Crippen LogP contribution in [0.15, 0.2) is 167 Å². The summed E-state index contributed by atoms with van der Waals surface area (Å²) in [5.41, 5.74) is 15.9. The van der Waals surface area contributed by atoms with Gasteiger partial charge in [-0.25, -0.2) is 0 Å². The van der Waals surface area contributed by atoms with Gasteiger partial charge in [0.1, 0.15) is 0 Å². The van der Waals surface area contributed by atoms with Crippen LogP contribution in [-0.2, 0) is 6.42 Å². The molecule has 212 valence electrons. The fraction of sp³-hybridized carbons (Fsp3) is 0.0714. The molecule has 45 heavy (non-hydrogen) atoms. The largest absolute Gasteiger partial charge is 0.252 e. The van der Waals surface area contributed by atoms with Gasteiger partial charge in [0.05, 0.1) is 46.0 Å². The molecule has 3 aliphatic rings. The van der Waals surface area contributed by atoms with Gasteiger partial charge in [0.2, 0.25) is 0 Å². The Hall–Kier alpha value is -5.67. The molecular weight excluding hydrogens is 546 g/mol. The second-order valence-corrected chi connectivity index (χ2v) is 12.0. The second-order valence-electron chi connectivity index (χ2n) is 12.0. The number of aliphatic imine (C=N–C) groups is 3. The molecule has 0 aromatic heterocycles. The maximum atomic E-state index is 5.31. The number of para-hydroxylation sites is 3. The van der Waals surface area contributed by atoms with E-state index in [-0.39, 0.29) is 11.8 Å². The van der Waals surface area contributed by atoms with Gasteiger partial charge in [0.25, 0.3) is 0 Å². The van der Waals surface area contributed by atoms with Gasteiger partial charge in [-0.3, -0.25) is 15.0 Å². The Bertz CT molecular complexity index is 2070. The van der Waals surface area contributed by atoms with Crippen molar-refractivity contribution in [1.82, 2.24) is 0 Å². The van der Waals surface area contributed by atoms with Crippen LogP contribution in [0.25, 0.3) is 0 Å². The van der Waals surface area contributed by atoms with E-state index >= 15 is 0 Å². The van der Waals surface area contributed by atoms with Gasteiger partial charge in [-0.2, -0.15) is 0 Å². The lowest BCUT2D eigenvalue weighted by molar-refractivity contribution is 1.11. The second kappa shape index (κ2) is 10.5. The lowest BCUT2D eigenvalue weighted by atomic mass is 9.82. The number of fused-ring (bicyclic) bond motifs is 3. The van der Waals surface area contributed by atoms with E-state index in [0.717, 1.165) is 57.3 Å². The minimum atomic E-state index is 0.0425. The van der Waals surface area contributed by atoms with Crippen molar-refractivity contribution in [1.29, 1.82) is 0 Å². The molecule has 0 saturated heterocycles. The molecule has 6 aromatic rings. The molecule has 0 amide bonds. The van der Waals surface area contributed by atoms with Crippen LogP contribution in [0, 0.1) is 0 Å². The van der Waals surface area contributed by atoms with Gasteiger partial charge in [-0.1, -0.05) is 115 Å². The molecule has 0 radical (unpaired) electrons. The van der Waals surface area contributed by atoms with Crippen molar-refractivity contribution >= 4 is 34.2 Å². The first kappa shape index (κ1) is 25.8. The summed E-state index contributed by atoms with van der Waals surface area (Å²) in [5, 5.41) is 0. The summed E-state index contributed by atoms with van der Waals surface area (Å²) < 4.78 is 0. The fourth-order valence-corrected chi connectivity index (χ4v) is 7.17. The third-order valence-corrected chi connectivity index (χ3v) is 9.25. The number of nitrogens with zero attached hydrogens (tertiary/aromatic N) is 3. The summed E-state index contributed by atoms with van der Waals surface area (Å²) in [6, 6.07) is 54.0. The predicted octanol–water partition coefficient (Wildman–Crippen LogP) is 9.90. The molecule has 2 atom stereocenters. The Morgan fingerprint density at radius 3 is 1.38 bits per heavy atom. The van der Waals surface area contributed by atoms with Crippen molar-refractivity contribution < 1.29 is 0 Å². The van der Waals surface area contributed by atoms with Crippen LogP contribution in [0.2, 0.25) is 0 Å². The standard InChI is InChI=1S/C42H29N3/c1-3-13-27(14-4-1)39-33-18-8-11-21-36(33)44-41(39)31-23-30(38-26-29-17-7-10-20-35(29)43-38)24-32(25-31)42-40(28-15-5-2-6-16-28)34-19-9-12-22-37(34)45-42/h1-25,39-40H,26H2. The van der Waals surface area contributed by atoms with Crippen LogP contribution in [-0.4, -0.2) is 17.1 Å². The minimum Gasteiger partial charge on any atom is -0.252 e. The zero-order valence-corrected chi connectivity index (χ0v) is 24.6. The third-order valence-electron chi connectivity index (χ3n) is 9.25. The minimum absolute atomic E-state index is 0.0425. The monoisotopic (exact) mass is 575 g/mol. The van der Waals surface area contributed by atoms with E-state index in [0.29, 0.717) is 0 Å². The summed E-state index contributed by atoms with van der Waals surface area (Å²) >= 11 is 0. The number of hydrogen-bond acceptors (Lipinski definition) is 3. The molecule has 0 fully saturated rings. The van der Waals surface area contributed by atoms with Crippen molar-refractivity contribution in [3.05, 3.63) is 196 Å². The first-order valence-electron chi connectivity index (χ1n) is 15.6. The highest BCUT2D eigenvalue weighted by Crippen LogP contribution is 2.44. The maximum absolute atomic E-state index is 5.31. The molecular formula is C42H29N3. The Balaban J connectivity index is 1.25. The van der Waals surface area contributed by atoms with Crippen LogP contribution in [0.1, 0.15) is 56.3 Å². The van der Waals surface area contributed by atoms with Gasteiger partial charge in [-0.15, -0.1) is 0 Å². The molecule has 0 bridgehead atoms. The van der Waals surface area contributed by atoms with Crippen molar-refractivity contribution in [3.8, 4) is 0 Å².